The third kappa shape index (κ3) is 4.96. The normalized spacial score (nSPS) is 12.0. The van der Waals surface area contributed by atoms with Crippen LogP contribution in [0.5, 0.6) is 5.75 Å². The molecule has 4 nitrogen and oxygen atoms in total. The molecule has 0 aliphatic carbocycles. The summed E-state index contributed by atoms with van der Waals surface area (Å²) < 4.78 is 19.3. The number of rotatable bonds is 8. The molecule has 0 fully saturated rings. The Labute approximate surface area is 164 Å². The first-order chi connectivity index (χ1) is 13.5. The summed E-state index contributed by atoms with van der Waals surface area (Å²) in [5.74, 6) is -0.0122. The quantitative estimate of drug-likeness (QED) is 0.643. The summed E-state index contributed by atoms with van der Waals surface area (Å²) in [7, 11) is 1.87. The fourth-order valence-electron chi connectivity index (χ4n) is 3.12. The zero-order chi connectivity index (χ0) is 19.9. The topological polar surface area (TPSA) is 55.6 Å². The first-order valence-corrected chi connectivity index (χ1v) is 9.04. The minimum atomic E-state index is -0.502. The van der Waals surface area contributed by atoms with Gasteiger partial charge in [0.2, 0.25) is 5.91 Å². The summed E-state index contributed by atoms with van der Waals surface area (Å²) in [6, 6.07) is 23.1. The molecule has 144 valence electrons. The number of nitrogens with two attached hydrogens (primary N) is 1. The maximum absolute atomic E-state index is 13.7. The lowest BCUT2D eigenvalue weighted by atomic mass is 10.0. The minimum Gasteiger partial charge on any atom is -0.489 e. The van der Waals surface area contributed by atoms with E-state index in [1.54, 1.807) is 18.2 Å². The monoisotopic (exact) mass is 378 g/mol. The predicted octanol–water partition coefficient (Wildman–Crippen LogP) is 4.06. The molecule has 0 bridgehead atoms. The maximum Gasteiger partial charge on any atom is 0.239 e. The van der Waals surface area contributed by atoms with E-state index >= 15 is 0 Å². The number of likely N-dealkylation sites (N-methyl/N-ethyl adjacent to an activating group) is 1. The molecule has 3 aromatic rings. The summed E-state index contributed by atoms with van der Waals surface area (Å²) in [6.45, 7) is 0.722. The number of carbonyl (C=O) groups is 1. The van der Waals surface area contributed by atoms with E-state index in [0.29, 0.717) is 17.9 Å². The second kappa shape index (κ2) is 9.15. The van der Waals surface area contributed by atoms with Crippen LogP contribution in [-0.4, -0.2) is 17.9 Å². The number of nitrogens with zero attached hydrogens (tertiary/aromatic N) is 1. The van der Waals surface area contributed by atoms with Gasteiger partial charge in [-0.25, -0.2) is 4.39 Å². The Bertz CT molecular complexity index is 913. The number of benzene rings is 3. The Morgan fingerprint density at radius 2 is 1.64 bits per heavy atom. The van der Waals surface area contributed by atoms with Crippen molar-refractivity contribution in [3.63, 3.8) is 0 Å². The molecule has 0 heterocycles. The van der Waals surface area contributed by atoms with E-state index in [2.05, 4.69) is 0 Å². The van der Waals surface area contributed by atoms with E-state index in [1.165, 1.54) is 6.07 Å². The van der Waals surface area contributed by atoms with Crippen LogP contribution in [0.25, 0.3) is 0 Å². The molecule has 3 aromatic carbocycles. The molecule has 1 amide bonds. The number of amides is 1. The van der Waals surface area contributed by atoms with Gasteiger partial charge in [-0.05, 0) is 36.4 Å². The van der Waals surface area contributed by atoms with Gasteiger partial charge in [0.1, 0.15) is 24.2 Å². The highest BCUT2D eigenvalue weighted by molar-refractivity contribution is 5.81. The third-order valence-corrected chi connectivity index (χ3v) is 4.53. The number of primary amides is 1. The van der Waals surface area contributed by atoms with E-state index < -0.39 is 11.9 Å². The van der Waals surface area contributed by atoms with Crippen LogP contribution in [0.4, 0.5) is 4.39 Å². The van der Waals surface area contributed by atoms with Gasteiger partial charge in [-0.2, -0.15) is 0 Å². The summed E-state index contributed by atoms with van der Waals surface area (Å²) in [5, 5.41) is 0. The SMILES string of the molecule is CN(Cc1ccc(OCc2ccccc2F)cc1)C(C(N)=O)c1ccccc1. The lowest BCUT2D eigenvalue weighted by Gasteiger charge is -2.26. The molecular weight excluding hydrogens is 355 g/mol. The van der Waals surface area contributed by atoms with E-state index in [4.69, 9.17) is 10.5 Å². The Kier molecular flexibility index (Phi) is 6.40. The fourth-order valence-corrected chi connectivity index (χ4v) is 3.12. The van der Waals surface area contributed by atoms with Gasteiger partial charge in [-0.1, -0.05) is 60.7 Å². The molecule has 1 unspecified atom stereocenters. The number of hydrogen-bond acceptors (Lipinski definition) is 3. The summed E-state index contributed by atoms with van der Waals surface area (Å²) >= 11 is 0. The zero-order valence-electron chi connectivity index (χ0n) is 15.7. The van der Waals surface area contributed by atoms with Crippen molar-refractivity contribution in [1.29, 1.82) is 0 Å². The lowest BCUT2D eigenvalue weighted by molar-refractivity contribution is -0.123. The largest absolute Gasteiger partial charge is 0.489 e. The van der Waals surface area contributed by atoms with Crippen LogP contribution in [0.3, 0.4) is 0 Å². The molecule has 0 saturated carbocycles. The van der Waals surface area contributed by atoms with Crippen LogP contribution in [0.15, 0.2) is 78.9 Å². The van der Waals surface area contributed by atoms with Crippen molar-refractivity contribution in [3.05, 3.63) is 101 Å². The van der Waals surface area contributed by atoms with Crippen LogP contribution >= 0.6 is 0 Å². The molecule has 5 heteroatoms. The predicted molar refractivity (Wildman–Crippen MR) is 107 cm³/mol. The number of ether oxygens (including phenoxy) is 1. The van der Waals surface area contributed by atoms with Crippen molar-refractivity contribution < 1.29 is 13.9 Å². The van der Waals surface area contributed by atoms with Crippen LogP contribution in [0.1, 0.15) is 22.7 Å². The van der Waals surface area contributed by atoms with Crippen molar-refractivity contribution in [2.75, 3.05) is 7.05 Å². The Balaban J connectivity index is 1.63. The molecule has 1 atom stereocenters. The van der Waals surface area contributed by atoms with Crippen molar-refractivity contribution >= 4 is 5.91 Å². The Hall–Kier alpha value is -3.18. The molecule has 28 heavy (non-hydrogen) atoms. The van der Waals surface area contributed by atoms with Crippen molar-refractivity contribution in [1.82, 2.24) is 4.90 Å². The number of hydrogen-bond donors (Lipinski definition) is 1. The minimum absolute atomic E-state index is 0.170. The van der Waals surface area contributed by atoms with Gasteiger partial charge < -0.3 is 10.5 Å². The third-order valence-electron chi connectivity index (χ3n) is 4.53. The molecule has 0 spiro atoms. The van der Waals surface area contributed by atoms with Crippen LogP contribution in [-0.2, 0) is 17.9 Å². The van der Waals surface area contributed by atoms with E-state index in [-0.39, 0.29) is 12.4 Å². The van der Waals surface area contributed by atoms with Gasteiger partial charge in [0.05, 0.1) is 0 Å². The van der Waals surface area contributed by atoms with E-state index in [1.807, 2.05) is 66.5 Å². The average molecular weight is 378 g/mol. The second-order valence-corrected chi connectivity index (χ2v) is 6.65. The first-order valence-electron chi connectivity index (χ1n) is 9.04. The van der Waals surface area contributed by atoms with Crippen molar-refractivity contribution in [2.45, 2.75) is 19.2 Å². The van der Waals surface area contributed by atoms with Crippen LogP contribution in [0, 0.1) is 5.82 Å². The zero-order valence-corrected chi connectivity index (χ0v) is 15.7. The average Bonchev–Trinajstić information content (AvgIpc) is 2.69. The van der Waals surface area contributed by atoms with Gasteiger partial charge in [-0.15, -0.1) is 0 Å². The Morgan fingerprint density at radius 1 is 1.00 bits per heavy atom. The van der Waals surface area contributed by atoms with Gasteiger partial charge in [0.25, 0.3) is 0 Å². The number of halogens is 1. The Morgan fingerprint density at radius 3 is 2.29 bits per heavy atom. The lowest BCUT2D eigenvalue weighted by Crippen LogP contribution is -2.34. The van der Waals surface area contributed by atoms with E-state index in [0.717, 1.165) is 11.1 Å². The molecule has 0 saturated heterocycles. The number of carbonyl (C=O) groups excluding carboxylic acids is 1. The summed E-state index contributed by atoms with van der Waals surface area (Å²) in [4.78, 5) is 13.9. The highest BCUT2D eigenvalue weighted by Gasteiger charge is 2.22. The molecule has 0 aliphatic rings. The standard InChI is InChI=1S/C23H23FN2O2/c1-26(22(23(25)27)18-7-3-2-4-8-18)15-17-11-13-20(14-12-17)28-16-19-9-5-6-10-21(19)24/h2-14,22H,15-16H2,1H3,(H2,25,27). The van der Waals surface area contributed by atoms with Gasteiger partial charge >= 0.3 is 0 Å². The van der Waals surface area contributed by atoms with Crippen molar-refractivity contribution in [3.8, 4) is 5.75 Å². The fraction of sp³-hybridized carbons (Fsp3) is 0.174. The maximum atomic E-state index is 13.7. The van der Waals surface area contributed by atoms with E-state index in [9.17, 15) is 9.18 Å². The first kappa shape index (κ1) is 19.6. The van der Waals surface area contributed by atoms with Crippen LogP contribution < -0.4 is 10.5 Å². The van der Waals surface area contributed by atoms with Crippen LogP contribution in [0.2, 0.25) is 0 Å². The molecule has 0 aromatic heterocycles. The summed E-state index contributed by atoms with van der Waals surface area (Å²) in [5.41, 5.74) is 8.02. The molecule has 2 N–H and O–H groups in total. The van der Waals surface area contributed by atoms with Gasteiger partial charge in [-0.3, -0.25) is 9.69 Å². The molecule has 0 aliphatic heterocycles. The molecule has 3 rings (SSSR count). The highest BCUT2D eigenvalue weighted by Crippen LogP contribution is 2.22. The second-order valence-electron chi connectivity index (χ2n) is 6.65. The molecule has 0 radical (unpaired) electrons. The highest BCUT2D eigenvalue weighted by atomic mass is 19.1. The molecular formula is C23H23FN2O2. The van der Waals surface area contributed by atoms with Crippen molar-refractivity contribution in [2.24, 2.45) is 5.73 Å². The summed E-state index contributed by atoms with van der Waals surface area (Å²) in [6.07, 6.45) is 0. The van der Waals surface area contributed by atoms with Gasteiger partial charge in [0, 0.05) is 12.1 Å². The smallest absolute Gasteiger partial charge is 0.239 e. The van der Waals surface area contributed by atoms with Gasteiger partial charge in [0.15, 0.2) is 0 Å².